The molecule has 0 aliphatic heterocycles. The number of nitrogen functional groups attached to an aromatic ring is 1. The van der Waals surface area contributed by atoms with Gasteiger partial charge in [0.05, 0.1) is 0 Å². The van der Waals surface area contributed by atoms with Gasteiger partial charge in [-0.1, -0.05) is 0 Å². The molecule has 0 fully saturated rings. The van der Waals surface area contributed by atoms with Gasteiger partial charge in [-0.05, 0) is 0 Å². The van der Waals surface area contributed by atoms with E-state index in [0.29, 0.717) is 0 Å². The summed E-state index contributed by atoms with van der Waals surface area (Å²) in [7, 11) is 3.22. The predicted octanol–water partition coefficient (Wildman–Crippen LogP) is 1.02. The number of hydrogen-bond acceptors (Lipinski definition) is 5. The lowest BCUT2D eigenvalue weighted by Gasteiger charge is -2.13. The van der Waals surface area contributed by atoms with Crippen molar-refractivity contribution in [1.82, 2.24) is 9.97 Å². The first kappa shape index (κ1) is 11.3. The fourth-order valence-corrected chi connectivity index (χ4v) is 0.830. The van der Waals surface area contributed by atoms with Crippen molar-refractivity contribution >= 4 is 11.8 Å². The van der Waals surface area contributed by atoms with Crippen molar-refractivity contribution in [3.05, 3.63) is 6.07 Å². The lowest BCUT2D eigenvalue weighted by atomic mass is 10.5. The Balaban J connectivity index is 2.99. The lowest BCUT2D eigenvalue weighted by Crippen LogP contribution is -2.19. The molecule has 0 aliphatic carbocycles. The molecule has 5 nitrogen and oxygen atoms in total. The van der Waals surface area contributed by atoms with E-state index in [1.807, 2.05) is 0 Å². The number of halogens is 3. The third kappa shape index (κ3) is 3.49. The number of rotatable bonds is 2. The molecule has 0 aliphatic rings. The Morgan fingerprint density at radius 1 is 1.33 bits per heavy atom. The van der Waals surface area contributed by atoms with E-state index in [2.05, 4.69) is 14.7 Å². The Bertz CT molecular complexity index is 353. The molecule has 0 radical (unpaired) electrons. The second-order valence-electron chi connectivity index (χ2n) is 2.86. The van der Waals surface area contributed by atoms with Crippen LogP contribution in [-0.4, -0.2) is 30.4 Å². The third-order valence-electron chi connectivity index (χ3n) is 1.38. The highest BCUT2D eigenvalue weighted by atomic mass is 19.4. The van der Waals surface area contributed by atoms with E-state index in [0.717, 1.165) is 6.07 Å². The van der Waals surface area contributed by atoms with Crippen molar-refractivity contribution in [1.29, 1.82) is 0 Å². The number of aromatic nitrogens is 2. The zero-order chi connectivity index (χ0) is 11.6. The van der Waals surface area contributed by atoms with Gasteiger partial charge >= 0.3 is 6.36 Å². The molecule has 0 saturated carbocycles. The highest BCUT2D eigenvalue weighted by Gasteiger charge is 2.32. The van der Waals surface area contributed by atoms with Crippen LogP contribution in [0.4, 0.5) is 24.9 Å². The number of anilines is 2. The van der Waals surface area contributed by atoms with E-state index in [1.165, 1.54) is 4.90 Å². The van der Waals surface area contributed by atoms with Crippen molar-refractivity contribution < 1.29 is 17.9 Å². The Hall–Kier alpha value is -1.73. The van der Waals surface area contributed by atoms with Crippen molar-refractivity contribution in [3.8, 4) is 5.88 Å². The van der Waals surface area contributed by atoms with Gasteiger partial charge in [0.15, 0.2) is 0 Å². The van der Waals surface area contributed by atoms with Crippen molar-refractivity contribution in [2.45, 2.75) is 6.36 Å². The maximum Gasteiger partial charge on any atom is 0.574 e. The summed E-state index contributed by atoms with van der Waals surface area (Å²) < 4.78 is 39.2. The van der Waals surface area contributed by atoms with Gasteiger partial charge in [0, 0.05) is 20.2 Å². The van der Waals surface area contributed by atoms with Crippen LogP contribution in [0.3, 0.4) is 0 Å². The molecule has 0 spiro atoms. The van der Waals surface area contributed by atoms with Gasteiger partial charge in [0.1, 0.15) is 5.82 Å². The van der Waals surface area contributed by atoms with E-state index < -0.39 is 12.2 Å². The quantitative estimate of drug-likeness (QED) is 0.809. The molecule has 0 unspecified atom stereocenters. The fraction of sp³-hybridized carbons (Fsp3) is 0.429. The molecule has 8 heteroatoms. The minimum absolute atomic E-state index is 0.238. The summed E-state index contributed by atoms with van der Waals surface area (Å²) in [5.41, 5.74) is 5.22. The summed E-state index contributed by atoms with van der Waals surface area (Å²) in [6.45, 7) is 0. The van der Waals surface area contributed by atoms with Gasteiger partial charge in [-0.15, -0.1) is 13.2 Å². The fourth-order valence-electron chi connectivity index (χ4n) is 0.830. The molecule has 0 aromatic carbocycles. The topological polar surface area (TPSA) is 64.3 Å². The van der Waals surface area contributed by atoms with E-state index >= 15 is 0 Å². The molecule has 1 aromatic rings. The van der Waals surface area contributed by atoms with Gasteiger partial charge in [-0.3, -0.25) is 0 Å². The van der Waals surface area contributed by atoms with E-state index in [-0.39, 0.29) is 11.8 Å². The van der Waals surface area contributed by atoms with Gasteiger partial charge < -0.3 is 15.4 Å². The van der Waals surface area contributed by atoms with Gasteiger partial charge in [-0.25, -0.2) is 0 Å². The molecular formula is C7H9F3N4O. The average Bonchev–Trinajstić information content (AvgIpc) is 1.99. The summed E-state index contributed by atoms with van der Waals surface area (Å²) in [6.07, 6.45) is -4.79. The highest BCUT2D eigenvalue weighted by Crippen LogP contribution is 2.23. The van der Waals surface area contributed by atoms with E-state index in [9.17, 15) is 13.2 Å². The maximum atomic E-state index is 11.9. The molecule has 0 saturated heterocycles. The van der Waals surface area contributed by atoms with Crippen LogP contribution in [0.25, 0.3) is 0 Å². The molecule has 15 heavy (non-hydrogen) atoms. The summed E-state index contributed by atoms with van der Waals surface area (Å²) >= 11 is 0. The van der Waals surface area contributed by atoms with Crippen LogP contribution >= 0.6 is 0 Å². The average molecular weight is 222 g/mol. The Labute approximate surface area is 83.7 Å². The number of nitrogens with two attached hydrogens (primary N) is 1. The van der Waals surface area contributed by atoms with Crippen LogP contribution in [0, 0.1) is 0 Å². The first-order chi connectivity index (χ1) is 6.78. The summed E-state index contributed by atoms with van der Waals surface area (Å²) in [4.78, 5) is 8.50. The number of ether oxygens (including phenoxy) is 1. The van der Waals surface area contributed by atoms with Crippen LogP contribution in [0.2, 0.25) is 0 Å². The maximum absolute atomic E-state index is 11.9. The predicted molar refractivity (Wildman–Crippen MR) is 47.5 cm³/mol. The molecule has 1 rings (SSSR count). The Morgan fingerprint density at radius 3 is 2.40 bits per heavy atom. The minimum Gasteiger partial charge on any atom is -0.388 e. The molecule has 0 amide bonds. The van der Waals surface area contributed by atoms with Crippen LogP contribution in [0.15, 0.2) is 6.07 Å². The zero-order valence-electron chi connectivity index (χ0n) is 8.04. The second-order valence-corrected chi connectivity index (χ2v) is 2.86. The molecule has 0 bridgehead atoms. The van der Waals surface area contributed by atoms with Gasteiger partial charge in [0.2, 0.25) is 11.8 Å². The summed E-state index contributed by atoms with van der Waals surface area (Å²) in [6, 6.07) is 1.05. The van der Waals surface area contributed by atoms with Crippen LogP contribution in [0.5, 0.6) is 5.88 Å². The largest absolute Gasteiger partial charge is 0.574 e. The van der Waals surface area contributed by atoms with E-state index in [1.54, 1.807) is 14.1 Å². The molecule has 84 valence electrons. The number of nitrogens with zero attached hydrogens (tertiary/aromatic N) is 3. The highest BCUT2D eigenvalue weighted by molar-refractivity contribution is 5.43. The van der Waals surface area contributed by atoms with Crippen LogP contribution < -0.4 is 15.4 Å². The molecule has 1 aromatic heterocycles. The van der Waals surface area contributed by atoms with Crippen molar-refractivity contribution in [2.24, 2.45) is 0 Å². The molecular weight excluding hydrogens is 213 g/mol. The molecule has 1 heterocycles. The first-order valence-electron chi connectivity index (χ1n) is 3.85. The first-order valence-corrected chi connectivity index (χ1v) is 3.85. The third-order valence-corrected chi connectivity index (χ3v) is 1.38. The SMILES string of the molecule is CN(C)c1cc(OC(F)(F)F)nc(N)n1. The zero-order valence-corrected chi connectivity index (χ0v) is 8.04. The van der Waals surface area contributed by atoms with Crippen LogP contribution in [0.1, 0.15) is 0 Å². The van der Waals surface area contributed by atoms with E-state index in [4.69, 9.17) is 5.73 Å². The summed E-state index contributed by atoms with van der Waals surface area (Å²) in [5, 5.41) is 0. The number of alkyl halides is 3. The monoisotopic (exact) mass is 222 g/mol. The normalized spacial score (nSPS) is 11.3. The molecule has 2 N–H and O–H groups in total. The second kappa shape index (κ2) is 3.79. The molecule has 0 atom stereocenters. The van der Waals surface area contributed by atoms with Gasteiger partial charge in [-0.2, -0.15) is 9.97 Å². The van der Waals surface area contributed by atoms with Gasteiger partial charge in [0.25, 0.3) is 0 Å². The lowest BCUT2D eigenvalue weighted by molar-refractivity contribution is -0.276. The van der Waals surface area contributed by atoms with Crippen molar-refractivity contribution in [3.63, 3.8) is 0 Å². The number of hydrogen-bond donors (Lipinski definition) is 1. The smallest absolute Gasteiger partial charge is 0.388 e. The standard InChI is InChI=1S/C7H9F3N4O/c1-14(2)4-3-5(13-6(11)12-4)15-7(8,9)10/h3H,1-2H3,(H2,11,12,13). The minimum atomic E-state index is -4.79. The Morgan fingerprint density at radius 2 is 1.93 bits per heavy atom. The Kier molecular flexibility index (Phi) is 2.87. The van der Waals surface area contributed by atoms with Crippen LogP contribution in [-0.2, 0) is 0 Å². The van der Waals surface area contributed by atoms with Crippen molar-refractivity contribution in [2.75, 3.05) is 24.7 Å². The summed E-state index contributed by atoms with van der Waals surface area (Å²) in [5.74, 6) is -0.666.